The van der Waals surface area contributed by atoms with Gasteiger partial charge in [-0.15, -0.1) is 0 Å². The molecule has 0 N–H and O–H groups in total. The van der Waals surface area contributed by atoms with Crippen LogP contribution in [0.5, 0.6) is 0 Å². The van der Waals surface area contributed by atoms with Crippen LogP contribution in [0.4, 0.5) is 0 Å². The van der Waals surface area contributed by atoms with Gasteiger partial charge >= 0.3 is 0 Å². The van der Waals surface area contributed by atoms with Crippen LogP contribution in [0.2, 0.25) is 0 Å². The molecule has 1 aliphatic rings. The van der Waals surface area contributed by atoms with Gasteiger partial charge in [0.25, 0.3) is 5.91 Å². The maximum Gasteiger partial charge on any atom is 0.257 e. The highest BCUT2D eigenvalue weighted by atomic mass is 16.3. The topological polar surface area (TPSA) is 66.9 Å². The normalized spacial score (nSPS) is 15.8. The van der Waals surface area contributed by atoms with Crippen molar-refractivity contribution in [3.8, 4) is 0 Å². The van der Waals surface area contributed by atoms with Crippen LogP contribution in [0.15, 0.2) is 35.3 Å². The Kier molecular flexibility index (Phi) is 4.01. The zero-order chi connectivity index (χ0) is 17.4. The van der Waals surface area contributed by atoms with E-state index in [1.54, 1.807) is 6.07 Å². The number of amides is 1. The molecule has 0 unspecified atom stereocenters. The Balaban J connectivity index is 1.43. The van der Waals surface area contributed by atoms with E-state index in [2.05, 4.69) is 32.3 Å². The lowest BCUT2D eigenvalue weighted by atomic mass is 10.2. The second-order valence-electron chi connectivity index (χ2n) is 6.50. The van der Waals surface area contributed by atoms with E-state index in [9.17, 15) is 4.79 Å². The molecule has 0 radical (unpaired) electrons. The number of aryl methyl sites for hydroxylation is 2. The highest BCUT2D eigenvalue weighted by molar-refractivity contribution is 5.93. The third-order valence-corrected chi connectivity index (χ3v) is 4.68. The van der Waals surface area contributed by atoms with Gasteiger partial charge in [0, 0.05) is 44.1 Å². The van der Waals surface area contributed by atoms with Gasteiger partial charge in [0.2, 0.25) is 5.78 Å². The molecule has 4 rings (SSSR count). The second-order valence-corrected chi connectivity index (χ2v) is 6.50. The maximum atomic E-state index is 12.4. The number of aromatic nitrogens is 3. The van der Waals surface area contributed by atoms with E-state index in [4.69, 9.17) is 4.42 Å². The number of furan rings is 1. The summed E-state index contributed by atoms with van der Waals surface area (Å²) < 4.78 is 7.11. The smallest absolute Gasteiger partial charge is 0.257 e. The minimum atomic E-state index is 0.0405. The maximum absolute atomic E-state index is 12.4. The molecule has 1 aliphatic heterocycles. The number of carbonyl (C=O) groups is 1. The van der Waals surface area contributed by atoms with E-state index in [0.717, 1.165) is 55.6 Å². The first-order valence-corrected chi connectivity index (χ1v) is 8.46. The molecule has 7 heteroatoms. The average Bonchev–Trinajstić information content (AvgIpc) is 3.25. The van der Waals surface area contributed by atoms with Gasteiger partial charge < -0.3 is 9.32 Å². The summed E-state index contributed by atoms with van der Waals surface area (Å²) in [5.74, 6) is 0.792. The molecule has 1 fully saturated rings. The zero-order valence-electron chi connectivity index (χ0n) is 14.5. The molecule has 1 saturated heterocycles. The summed E-state index contributed by atoms with van der Waals surface area (Å²) in [5.41, 5.74) is 3.87. The summed E-state index contributed by atoms with van der Waals surface area (Å²) in [5, 5.41) is 0. The molecule has 3 aromatic heterocycles. The summed E-state index contributed by atoms with van der Waals surface area (Å²) in [6, 6.07) is 3.78. The lowest BCUT2D eigenvalue weighted by molar-refractivity contribution is 0.0626. The fourth-order valence-electron chi connectivity index (χ4n) is 3.41. The predicted octanol–water partition coefficient (Wildman–Crippen LogP) is 1.90. The molecule has 7 nitrogen and oxygen atoms in total. The summed E-state index contributed by atoms with van der Waals surface area (Å²) in [6.07, 6.45) is 4.94. The van der Waals surface area contributed by atoms with Crippen molar-refractivity contribution in [1.29, 1.82) is 0 Å². The molecule has 0 bridgehead atoms. The Labute approximate surface area is 145 Å². The van der Waals surface area contributed by atoms with Crippen LogP contribution in [0, 0.1) is 13.8 Å². The van der Waals surface area contributed by atoms with Crippen molar-refractivity contribution >= 4 is 11.7 Å². The summed E-state index contributed by atoms with van der Waals surface area (Å²) in [4.78, 5) is 25.5. The van der Waals surface area contributed by atoms with E-state index < -0.39 is 0 Å². The Morgan fingerprint density at radius 3 is 2.76 bits per heavy atom. The molecule has 0 saturated carbocycles. The van der Waals surface area contributed by atoms with Crippen LogP contribution in [0.3, 0.4) is 0 Å². The van der Waals surface area contributed by atoms with Crippen molar-refractivity contribution in [2.75, 3.05) is 26.2 Å². The fourth-order valence-corrected chi connectivity index (χ4v) is 3.41. The minimum absolute atomic E-state index is 0.0405. The van der Waals surface area contributed by atoms with E-state index in [-0.39, 0.29) is 5.91 Å². The van der Waals surface area contributed by atoms with Crippen molar-refractivity contribution in [3.63, 3.8) is 0 Å². The summed E-state index contributed by atoms with van der Waals surface area (Å²) in [7, 11) is 0. The van der Waals surface area contributed by atoms with Crippen molar-refractivity contribution in [2.45, 2.75) is 20.4 Å². The molecular formula is C18H21N5O2. The second kappa shape index (κ2) is 6.33. The molecule has 0 spiro atoms. The molecule has 0 aromatic carbocycles. The van der Waals surface area contributed by atoms with Crippen LogP contribution in [-0.2, 0) is 6.54 Å². The van der Waals surface area contributed by atoms with E-state index in [0.29, 0.717) is 5.56 Å². The standard InChI is InChI=1S/C18H21N5O2/c1-13-9-14(2)23-16(10-19-18(23)20-13)11-21-4-6-22(7-5-21)17(24)15-3-8-25-12-15/h3,8-10,12H,4-7,11H2,1-2H3. The number of fused-ring (bicyclic) bond motifs is 1. The lowest BCUT2D eigenvalue weighted by Crippen LogP contribution is -2.48. The molecule has 25 heavy (non-hydrogen) atoms. The summed E-state index contributed by atoms with van der Waals surface area (Å²) in [6.45, 7) is 7.99. The third-order valence-electron chi connectivity index (χ3n) is 4.68. The van der Waals surface area contributed by atoms with Crippen molar-refractivity contribution in [1.82, 2.24) is 24.2 Å². The van der Waals surface area contributed by atoms with Gasteiger partial charge in [-0.25, -0.2) is 9.97 Å². The lowest BCUT2D eigenvalue weighted by Gasteiger charge is -2.34. The van der Waals surface area contributed by atoms with Crippen molar-refractivity contribution in [3.05, 3.63) is 53.5 Å². The van der Waals surface area contributed by atoms with Crippen LogP contribution >= 0.6 is 0 Å². The molecule has 4 heterocycles. The van der Waals surface area contributed by atoms with Gasteiger partial charge in [0.05, 0.1) is 23.7 Å². The quantitative estimate of drug-likeness (QED) is 0.729. The van der Waals surface area contributed by atoms with Gasteiger partial charge in [-0.3, -0.25) is 14.1 Å². The number of hydrogen-bond donors (Lipinski definition) is 0. The van der Waals surface area contributed by atoms with E-state index in [1.807, 2.05) is 18.0 Å². The van der Waals surface area contributed by atoms with E-state index >= 15 is 0 Å². The van der Waals surface area contributed by atoms with Gasteiger partial charge in [-0.1, -0.05) is 0 Å². The first-order chi connectivity index (χ1) is 12.1. The largest absolute Gasteiger partial charge is 0.472 e. The van der Waals surface area contributed by atoms with Gasteiger partial charge in [-0.2, -0.15) is 0 Å². The number of rotatable bonds is 3. The zero-order valence-corrected chi connectivity index (χ0v) is 14.5. The highest BCUT2D eigenvalue weighted by Gasteiger charge is 2.23. The van der Waals surface area contributed by atoms with E-state index in [1.165, 1.54) is 12.5 Å². The van der Waals surface area contributed by atoms with Gasteiger partial charge in [0.1, 0.15) is 6.26 Å². The predicted molar refractivity (Wildman–Crippen MR) is 92.3 cm³/mol. The van der Waals surface area contributed by atoms with Crippen LogP contribution < -0.4 is 0 Å². The SMILES string of the molecule is Cc1cc(C)n2c(CN3CCN(C(=O)c4ccoc4)CC3)cnc2n1. The molecular weight excluding hydrogens is 318 g/mol. The van der Waals surface area contributed by atoms with Crippen molar-refractivity contribution < 1.29 is 9.21 Å². The highest BCUT2D eigenvalue weighted by Crippen LogP contribution is 2.15. The first-order valence-electron chi connectivity index (χ1n) is 8.46. The van der Waals surface area contributed by atoms with Crippen LogP contribution in [-0.4, -0.2) is 56.3 Å². The average molecular weight is 339 g/mol. The molecule has 0 atom stereocenters. The fraction of sp³-hybridized carbons (Fsp3) is 0.389. The molecule has 130 valence electrons. The van der Waals surface area contributed by atoms with Gasteiger partial charge in [-0.05, 0) is 26.0 Å². The van der Waals surface area contributed by atoms with Crippen LogP contribution in [0.1, 0.15) is 27.4 Å². The monoisotopic (exact) mass is 339 g/mol. The summed E-state index contributed by atoms with van der Waals surface area (Å²) >= 11 is 0. The Bertz CT molecular complexity index is 892. The minimum Gasteiger partial charge on any atom is -0.472 e. The van der Waals surface area contributed by atoms with Crippen molar-refractivity contribution in [2.24, 2.45) is 0 Å². The molecule has 0 aliphatic carbocycles. The first kappa shape index (κ1) is 15.8. The Hall–Kier alpha value is -2.67. The molecule has 1 amide bonds. The third kappa shape index (κ3) is 3.02. The number of imidazole rings is 1. The Morgan fingerprint density at radius 1 is 1.24 bits per heavy atom. The number of piperazine rings is 1. The van der Waals surface area contributed by atoms with Gasteiger partial charge in [0.15, 0.2) is 0 Å². The van der Waals surface area contributed by atoms with Crippen LogP contribution in [0.25, 0.3) is 5.78 Å². The number of carbonyl (C=O) groups excluding carboxylic acids is 1. The number of nitrogens with zero attached hydrogens (tertiary/aromatic N) is 5. The number of hydrogen-bond acceptors (Lipinski definition) is 5. The molecule has 3 aromatic rings. The Morgan fingerprint density at radius 2 is 2.04 bits per heavy atom.